The van der Waals surface area contributed by atoms with Gasteiger partial charge in [-0.3, -0.25) is 4.79 Å². The molecule has 1 heterocycles. The minimum Gasteiger partial charge on any atom is -0.480 e. The van der Waals surface area contributed by atoms with Crippen molar-refractivity contribution in [3.63, 3.8) is 0 Å². The standard InChI is InChI=1S/C4H4O2S2.C3H7NO2/c5-4(6)3-1-2-7-8-3;1-2-6-3(4)5/h1-3H,(H,5,6);2H2,1H3,(H2,4,5). The fourth-order valence-electron chi connectivity index (χ4n) is 0.493. The maximum absolute atomic E-state index is 10.1. The predicted octanol–water partition coefficient (Wildman–Crippen LogP) is 1.45. The largest absolute Gasteiger partial charge is 0.480 e. The summed E-state index contributed by atoms with van der Waals surface area (Å²) in [7, 11) is 2.82. The van der Waals surface area contributed by atoms with Crippen molar-refractivity contribution in [3.05, 3.63) is 11.5 Å². The van der Waals surface area contributed by atoms with Gasteiger partial charge in [-0.2, -0.15) is 0 Å². The molecular formula is C7H11NO4S2. The number of hydrogen-bond acceptors (Lipinski definition) is 5. The lowest BCUT2D eigenvalue weighted by Crippen LogP contribution is -2.11. The molecule has 0 aliphatic carbocycles. The minimum atomic E-state index is -0.753. The topological polar surface area (TPSA) is 89.6 Å². The second-order valence-electron chi connectivity index (χ2n) is 2.03. The lowest BCUT2D eigenvalue weighted by atomic mass is 10.4. The molecular weight excluding hydrogens is 226 g/mol. The molecule has 0 aromatic heterocycles. The average Bonchev–Trinajstić information content (AvgIpc) is 2.56. The fourth-order valence-corrected chi connectivity index (χ4v) is 2.41. The summed E-state index contributed by atoms with van der Waals surface area (Å²) in [4.78, 5) is 19.7. The maximum atomic E-state index is 10.1. The molecule has 1 aliphatic heterocycles. The number of hydrogen-bond donors (Lipinski definition) is 2. The van der Waals surface area contributed by atoms with Gasteiger partial charge >= 0.3 is 12.1 Å². The summed E-state index contributed by atoms with van der Waals surface area (Å²) >= 11 is 0. The van der Waals surface area contributed by atoms with Crippen LogP contribution >= 0.6 is 21.6 Å². The number of aliphatic carboxylic acids is 1. The van der Waals surface area contributed by atoms with Crippen LogP contribution in [0.15, 0.2) is 11.5 Å². The highest BCUT2D eigenvalue weighted by atomic mass is 33.1. The van der Waals surface area contributed by atoms with Crippen LogP contribution in [0.4, 0.5) is 4.79 Å². The molecule has 0 saturated heterocycles. The van der Waals surface area contributed by atoms with Crippen molar-refractivity contribution in [1.82, 2.24) is 0 Å². The van der Waals surface area contributed by atoms with E-state index in [9.17, 15) is 9.59 Å². The Bertz CT molecular complexity index is 232. The Labute approximate surface area is 89.5 Å². The summed E-state index contributed by atoms with van der Waals surface area (Å²) in [5.74, 6) is -0.753. The molecule has 14 heavy (non-hydrogen) atoms. The molecule has 1 amide bonds. The molecule has 3 N–H and O–H groups in total. The first-order valence-corrected chi connectivity index (χ1v) is 5.99. The van der Waals surface area contributed by atoms with E-state index >= 15 is 0 Å². The SMILES string of the molecule is CCOC(N)=O.O=C(O)C1C=CSS1. The molecule has 0 saturated carbocycles. The number of carboxylic acid groups (broad SMARTS) is 1. The molecule has 0 aromatic carbocycles. The van der Waals surface area contributed by atoms with E-state index in [0.717, 1.165) is 0 Å². The van der Waals surface area contributed by atoms with Gasteiger partial charge in [-0.1, -0.05) is 27.7 Å². The molecule has 0 aromatic rings. The van der Waals surface area contributed by atoms with Crippen molar-refractivity contribution < 1.29 is 19.4 Å². The van der Waals surface area contributed by atoms with Gasteiger partial charge in [-0.05, 0) is 12.3 Å². The van der Waals surface area contributed by atoms with Gasteiger partial charge in [0.15, 0.2) is 0 Å². The quantitative estimate of drug-likeness (QED) is 0.706. The number of primary amides is 1. The number of carboxylic acids is 1. The molecule has 1 rings (SSSR count). The van der Waals surface area contributed by atoms with Crippen LogP contribution in [0, 0.1) is 0 Å². The number of carbonyl (C=O) groups is 2. The molecule has 7 heteroatoms. The van der Waals surface area contributed by atoms with Gasteiger partial charge in [0, 0.05) is 0 Å². The van der Waals surface area contributed by atoms with Crippen molar-refractivity contribution in [2.24, 2.45) is 5.73 Å². The Balaban J connectivity index is 0.000000255. The summed E-state index contributed by atoms with van der Waals surface area (Å²) in [6, 6.07) is 0. The molecule has 0 spiro atoms. The monoisotopic (exact) mass is 237 g/mol. The smallest absolute Gasteiger partial charge is 0.404 e. The molecule has 0 radical (unpaired) electrons. The third-order valence-electron chi connectivity index (χ3n) is 0.998. The lowest BCUT2D eigenvalue weighted by molar-refractivity contribution is -0.135. The zero-order valence-corrected chi connectivity index (χ0v) is 9.14. The van der Waals surface area contributed by atoms with Gasteiger partial charge in [0.25, 0.3) is 0 Å². The molecule has 0 fully saturated rings. The third kappa shape index (κ3) is 6.67. The highest BCUT2D eigenvalue weighted by Crippen LogP contribution is 2.35. The van der Waals surface area contributed by atoms with Gasteiger partial charge in [-0.25, -0.2) is 4.79 Å². The summed E-state index contributed by atoms with van der Waals surface area (Å²) < 4.78 is 4.18. The normalized spacial score (nSPS) is 18.2. The van der Waals surface area contributed by atoms with Crippen molar-refractivity contribution in [3.8, 4) is 0 Å². The molecule has 0 bridgehead atoms. The van der Waals surface area contributed by atoms with E-state index in [1.54, 1.807) is 18.4 Å². The Morgan fingerprint density at radius 2 is 2.29 bits per heavy atom. The summed E-state index contributed by atoms with van der Waals surface area (Å²) in [6.07, 6.45) is 0.968. The fraction of sp³-hybridized carbons (Fsp3) is 0.429. The summed E-state index contributed by atoms with van der Waals surface area (Å²) in [6.45, 7) is 2.06. The summed E-state index contributed by atoms with van der Waals surface area (Å²) in [5.41, 5.74) is 4.54. The van der Waals surface area contributed by atoms with E-state index in [1.165, 1.54) is 21.6 Å². The molecule has 1 unspecified atom stereocenters. The highest BCUT2D eigenvalue weighted by molar-refractivity contribution is 8.78. The van der Waals surface area contributed by atoms with E-state index in [1.807, 2.05) is 0 Å². The minimum absolute atomic E-state index is 0.319. The van der Waals surface area contributed by atoms with Crippen LogP contribution in [0.25, 0.3) is 0 Å². The molecule has 1 atom stereocenters. The van der Waals surface area contributed by atoms with Gasteiger partial charge in [0.1, 0.15) is 5.25 Å². The van der Waals surface area contributed by atoms with Crippen LogP contribution < -0.4 is 5.73 Å². The van der Waals surface area contributed by atoms with Crippen molar-refractivity contribution in [1.29, 1.82) is 0 Å². The van der Waals surface area contributed by atoms with Crippen molar-refractivity contribution >= 4 is 33.7 Å². The molecule has 5 nitrogen and oxygen atoms in total. The van der Waals surface area contributed by atoms with Crippen LogP contribution in [0.1, 0.15) is 6.92 Å². The number of nitrogens with two attached hydrogens (primary N) is 1. The number of ether oxygens (including phenoxy) is 1. The lowest BCUT2D eigenvalue weighted by Gasteiger charge is -1.94. The van der Waals surface area contributed by atoms with Crippen LogP contribution in [0.5, 0.6) is 0 Å². The van der Waals surface area contributed by atoms with Gasteiger partial charge in [0.05, 0.1) is 6.61 Å². The van der Waals surface area contributed by atoms with E-state index in [-0.39, 0.29) is 5.25 Å². The first kappa shape index (κ1) is 13.2. The highest BCUT2D eigenvalue weighted by Gasteiger charge is 2.17. The zero-order valence-electron chi connectivity index (χ0n) is 7.50. The summed E-state index contributed by atoms with van der Waals surface area (Å²) in [5, 5.41) is 9.80. The average molecular weight is 237 g/mol. The van der Waals surface area contributed by atoms with Gasteiger partial charge in [-0.15, -0.1) is 0 Å². The van der Waals surface area contributed by atoms with E-state index in [0.29, 0.717) is 6.61 Å². The Kier molecular flexibility index (Phi) is 7.13. The second kappa shape index (κ2) is 7.57. The van der Waals surface area contributed by atoms with Crippen LogP contribution in [-0.2, 0) is 9.53 Å². The van der Waals surface area contributed by atoms with Crippen LogP contribution in [-0.4, -0.2) is 29.0 Å². The van der Waals surface area contributed by atoms with Gasteiger partial charge < -0.3 is 15.6 Å². The zero-order chi connectivity index (χ0) is 11.0. The second-order valence-corrected chi connectivity index (χ2v) is 4.35. The predicted molar refractivity (Wildman–Crippen MR) is 57.0 cm³/mol. The van der Waals surface area contributed by atoms with E-state index < -0.39 is 12.1 Å². The molecule has 1 aliphatic rings. The Morgan fingerprint density at radius 3 is 2.43 bits per heavy atom. The third-order valence-corrected chi connectivity index (χ3v) is 3.23. The van der Waals surface area contributed by atoms with E-state index in [2.05, 4.69) is 10.5 Å². The Hall–Kier alpha value is -0.820. The van der Waals surface area contributed by atoms with Crippen molar-refractivity contribution in [2.75, 3.05) is 6.61 Å². The molecule has 80 valence electrons. The number of carbonyl (C=O) groups excluding carboxylic acids is 1. The van der Waals surface area contributed by atoms with Crippen LogP contribution in [0.2, 0.25) is 0 Å². The number of amides is 1. The Morgan fingerprint density at radius 1 is 1.64 bits per heavy atom. The van der Waals surface area contributed by atoms with E-state index in [4.69, 9.17) is 5.11 Å². The van der Waals surface area contributed by atoms with Crippen molar-refractivity contribution in [2.45, 2.75) is 12.2 Å². The van der Waals surface area contributed by atoms with Gasteiger partial charge in [0.2, 0.25) is 0 Å². The first-order valence-electron chi connectivity index (χ1n) is 3.71. The maximum Gasteiger partial charge on any atom is 0.404 e. The number of rotatable bonds is 2. The first-order chi connectivity index (χ1) is 6.57. The van der Waals surface area contributed by atoms with Crippen LogP contribution in [0.3, 0.4) is 0 Å².